The molecule has 5 heterocycles. The van der Waals surface area contributed by atoms with Gasteiger partial charge in [0.2, 0.25) is 5.71 Å². The number of fused-ring (bicyclic) bond motifs is 2. The van der Waals surface area contributed by atoms with Crippen LogP contribution in [-0.2, 0) is 0 Å². The fraction of sp³-hybridized carbons (Fsp3) is 0.318. The third-order valence-corrected chi connectivity index (χ3v) is 6.18. The molecule has 4 aromatic rings. The lowest BCUT2D eigenvalue weighted by molar-refractivity contribution is 0.205. The molecule has 0 amide bonds. The van der Waals surface area contributed by atoms with E-state index in [2.05, 4.69) is 40.7 Å². The van der Waals surface area contributed by atoms with Crippen LogP contribution in [0.25, 0.3) is 28.0 Å². The lowest BCUT2D eigenvalue weighted by Gasteiger charge is -2.43. The smallest absolute Gasteiger partial charge is 0.347 e. The van der Waals surface area contributed by atoms with Crippen molar-refractivity contribution in [2.24, 2.45) is 0 Å². The molecule has 0 spiro atoms. The molecule has 0 saturated carbocycles. The zero-order valence-electron chi connectivity index (χ0n) is 17.0. The maximum absolute atomic E-state index is 12.7. The van der Waals surface area contributed by atoms with Crippen LogP contribution in [-0.4, -0.2) is 51.5 Å². The number of hydrogen-bond acceptors (Lipinski definition) is 6. The van der Waals surface area contributed by atoms with E-state index >= 15 is 0 Å². The second-order valence-electron chi connectivity index (χ2n) is 8.01. The van der Waals surface area contributed by atoms with Gasteiger partial charge in [0, 0.05) is 43.0 Å². The van der Waals surface area contributed by atoms with Crippen LogP contribution in [0.5, 0.6) is 0 Å². The molecule has 8 heteroatoms. The summed E-state index contributed by atoms with van der Waals surface area (Å²) in [5.74, 6) is 0.824. The Bertz CT molecular complexity index is 1310. The largest absolute Gasteiger partial charge is 0.403 e. The van der Waals surface area contributed by atoms with Crippen molar-refractivity contribution < 1.29 is 4.42 Å². The summed E-state index contributed by atoms with van der Waals surface area (Å²) in [5.41, 5.74) is 1.37. The number of piperazine rings is 1. The average Bonchev–Trinajstić information content (AvgIpc) is 3.15. The highest BCUT2D eigenvalue weighted by Gasteiger charge is 2.27. The molecule has 0 N–H and O–H groups in total. The minimum Gasteiger partial charge on any atom is -0.403 e. The predicted molar refractivity (Wildman–Crippen MR) is 118 cm³/mol. The summed E-state index contributed by atoms with van der Waals surface area (Å²) in [7, 11) is 2.14. The first kappa shape index (κ1) is 19.1. The Labute approximate surface area is 178 Å². The van der Waals surface area contributed by atoms with Gasteiger partial charge in [-0.15, -0.1) is 0 Å². The second kappa shape index (κ2) is 7.11. The predicted octanol–water partition coefficient (Wildman–Crippen LogP) is 3.68. The second-order valence-corrected chi connectivity index (χ2v) is 8.42. The Kier molecular flexibility index (Phi) is 4.52. The molecule has 4 aromatic heterocycles. The van der Waals surface area contributed by atoms with Crippen molar-refractivity contribution in [3.8, 4) is 11.3 Å². The number of nitrogens with zero attached hydrogens (tertiary/aromatic N) is 5. The van der Waals surface area contributed by atoms with Gasteiger partial charge in [-0.2, -0.15) is 4.98 Å². The first-order valence-corrected chi connectivity index (χ1v) is 10.3. The van der Waals surface area contributed by atoms with Crippen molar-refractivity contribution in [3.63, 3.8) is 0 Å². The molecule has 1 saturated heterocycles. The van der Waals surface area contributed by atoms with Crippen LogP contribution in [0.1, 0.15) is 13.8 Å². The number of anilines is 1. The Morgan fingerprint density at radius 1 is 1.13 bits per heavy atom. The first-order valence-electron chi connectivity index (χ1n) is 9.96. The molecule has 0 radical (unpaired) electrons. The van der Waals surface area contributed by atoms with E-state index in [0.29, 0.717) is 39.7 Å². The van der Waals surface area contributed by atoms with Gasteiger partial charge in [0.25, 0.3) is 0 Å². The maximum atomic E-state index is 12.7. The average molecular weight is 424 g/mol. The van der Waals surface area contributed by atoms with Gasteiger partial charge in [-0.05, 0) is 51.2 Å². The monoisotopic (exact) mass is 423 g/mol. The van der Waals surface area contributed by atoms with Crippen LogP contribution in [0, 0.1) is 0 Å². The topological polar surface area (TPSA) is 66.9 Å². The van der Waals surface area contributed by atoms with Crippen LogP contribution in [0.15, 0.2) is 51.9 Å². The van der Waals surface area contributed by atoms with Crippen molar-refractivity contribution in [1.82, 2.24) is 19.3 Å². The van der Waals surface area contributed by atoms with E-state index in [1.807, 2.05) is 24.4 Å². The van der Waals surface area contributed by atoms with Crippen molar-refractivity contribution in [2.75, 3.05) is 25.0 Å². The molecule has 1 fully saturated rings. The van der Waals surface area contributed by atoms with Crippen molar-refractivity contribution in [1.29, 1.82) is 0 Å². The number of hydrogen-bond donors (Lipinski definition) is 0. The molecular formula is C22H22ClN5O2. The molecule has 30 heavy (non-hydrogen) atoms. The van der Waals surface area contributed by atoms with Gasteiger partial charge in [-0.1, -0.05) is 11.6 Å². The Morgan fingerprint density at radius 2 is 1.97 bits per heavy atom. The normalized spacial score (nSPS) is 20.3. The van der Waals surface area contributed by atoms with Crippen LogP contribution >= 0.6 is 11.6 Å². The van der Waals surface area contributed by atoms with E-state index in [0.717, 1.165) is 24.3 Å². The molecule has 7 nitrogen and oxygen atoms in total. The van der Waals surface area contributed by atoms with Crippen LogP contribution in [0.2, 0.25) is 5.02 Å². The summed E-state index contributed by atoms with van der Waals surface area (Å²) in [6, 6.07) is 10.1. The number of likely N-dealkylation sites (N-methyl/N-ethyl adjacent to an activating group) is 1. The number of halogens is 1. The van der Waals surface area contributed by atoms with Crippen LogP contribution in [0.4, 0.5) is 5.82 Å². The Morgan fingerprint density at radius 3 is 2.77 bits per heavy atom. The van der Waals surface area contributed by atoms with E-state index in [1.165, 1.54) is 0 Å². The van der Waals surface area contributed by atoms with Gasteiger partial charge >= 0.3 is 5.63 Å². The molecule has 154 valence electrons. The summed E-state index contributed by atoms with van der Waals surface area (Å²) in [6.07, 6.45) is 3.61. The van der Waals surface area contributed by atoms with E-state index in [9.17, 15) is 4.79 Å². The highest BCUT2D eigenvalue weighted by molar-refractivity contribution is 6.33. The summed E-state index contributed by atoms with van der Waals surface area (Å²) in [4.78, 5) is 26.5. The molecule has 2 atom stereocenters. The van der Waals surface area contributed by atoms with Gasteiger partial charge in [0.1, 0.15) is 5.82 Å². The van der Waals surface area contributed by atoms with Gasteiger partial charge in [0.15, 0.2) is 5.65 Å². The quantitative estimate of drug-likeness (QED) is 0.490. The summed E-state index contributed by atoms with van der Waals surface area (Å²) in [6.45, 7) is 6.22. The van der Waals surface area contributed by atoms with Crippen molar-refractivity contribution >= 4 is 34.2 Å². The first-order chi connectivity index (χ1) is 14.4. The van der Waals surface area contributed by atoms with E-state index in [4.69, 9.17) is 16.0 Å². The Balaban J connectivity index is 1.56. The van der Waals surface area contributed by atoms with E-state index < -0.39 is 5.63 Å². The fourth-order valence-corrected chi connectivity index (χ4v) is 4.27. The van der Waals surface area contributed by atoms with Crippen LogP contribution in [0.3, 0.4) is 0 Å². The SMILES string of the molecule is CC1CN(c2ccc3cc(-c4cn5cccc(Cl)c5n4)c(=O)oc3n2)C(C)CN1C. The summed E-state index contributed by atoms with van der Waals surface area (Å²) >= 11 is 6.21. The number of pyridine rings is 2. The Hall–Kier alpha value is -2.90. The maximum Gasteiger partial charge on any atom is 0.347 e. The third-order valence-electron chi connectivity index (χ3n) is 5.89. The number of imidazole rings is 1. The lowest BCUT2D eigenvalue weighted by atomic mass is 10.1. The molecule has 2 unspecified atom stereocenters. The summed E-state index contributed by atoms with van der Waals surface area (Å²) < 4.78 is 7.39. The lowest BCUT2D eigenvalue weighted by Crippen LogP contribution is -2.55. The molecule has 0 bridgehead atoms. The molecule has 5 rings (SSSR count). The van der Waals surface area contributed by atoms with Crippen LogP contribution < -0.4 is 10.5 Å². The fourth-order valence-electron chi connectivity index (χ4n) is 4.06. The highest BCUT2D eigenvalue weighted by atomic mass is 35.5. The summed E-state index contributed by atoms with van der Waals surface area (Å²) in [5, 5.41) is 1.28. The zero-order valence-corrected chi connectivity index (χ0v) is 17.8. The molecule has 0 aromatic carbocycles. The van der Waals surface area contributed by atoms with E-state index in [1.54, 1.807) is 22.7 Å². The minimum absolute atomic E-state index is 0.324. The number of rotatable bonds is 2. The molecule has 1 aliphatic rings. The zero-order chi connectivity index (χ0) is 21.0. The highest BCUT2D eigenvalue weighted by Crippen LogP contribution is 2.26. The van der Waals surface area contributed by atoms with Gasteiger partial charge in [-0.25, -0.2) is 9.78 Å². The minimum atomic E-state index is -0.466. The molecule has 0 aliphatic carbocycles. The van der Waals surface area contributed by atoms with Crippen molar-refractivity contribution in [2.45, 2.75) is 25.9 Å². The molecular weight excluding hydrogens is 402 g/mol. The molecule has 1 aliphatic heterocycles. The van der Waals surface area contributed by atoms with E-state index in [-0.39, 0.29) is 0 Å². The van der Waals surface area contributed by atoms with Gasteiger partial charge in [0.05, 0.1) is 16.3 Å². The van der Waals surface area contributed by atoms with Gasteiger partial charge in [-0.3, -0.25) is 4.90 Å². The third kappa shape index (κ3) is 3.14. The van der Waals surface area contributed by atoms with Gasteiger partial charge < -0.3 is 13.7 Å². The standard InChI is InChI=1S/C22H22ClN5O2/c1-13-11-28(14(2)10-26(13)3)19-7-6-15-9-16(22(29)30-21(15)25-19)18-12-27-8-4-5-17(23)20(27)24-18/h4-9,12-14H,10-11H2,1-3H3. The van der Waals surface area contributed by atoms with Crippen molar-refractivity contribution in [3.05, 3.63) is 58.2 Å². The number of aromatic nitrogens is 3.